The van der Waals surface area contributed by atoms with Gasteiger partial charge in [0.25, 0.3) is 5.91 Å². The molecule has 5 nitrogen and oxygen atoms in total. The fourth-order valence-corrected chi connectivity index (χ4v) is 4.54. The number of carbonyl (C=O) groups is 2. The second kappa shape index (κ2) is 9.49. The van der Waals surface area contributed by atoms with Gasteiger partial charge in [-0.2, -0.15) is 0 Å². The molecular formula is C28H30N2O3. The third kappa shape index (κ3) is 4.36. The van der Waals surface area contributed by atoms with E-state index in [1.54, 1.807) is 31.4 Å². The van der Waals surface area contributed by atoms with Crippen LogP contribution in [-0.4, -0.2) is 25.0 Å². The molecule has 0 saturated carbocycles. The first-order valence-electron chi connectivity index (χ1n) is 11.4. The topological polar surface area (TPSA) is 49.9 Å². The minimum absolute atomic E-state index is 0.0466. The molecule has 2 amide bonds. The van der Waals surface area contributed by atoms with E-state index >= 15 is 0 Å². The third-order valence-electron chi connectivity index (χ3n) is 6.19. The number of nitrogens with zero attached hydrogens (tertiary/aromatic N) is 2. The SMILES string of the molecule is COc1ccc(C(=O)N(c2ccccc2)[C@@H]2C[C@@H](C)N(C(=O)C(C)C)c3ccccc32)cc1. The summed E-state index contributed by atoms with van der Waals surface area (Å²) in [4.78, 5) is 30.7. The summed E-state index contributed by atoms with van der Waals surface area (Å²) < 4.78 is 5.26. The number of hydrogen-bond donors (Lipinski definition) is 0. The minimum atomic E-state index is -0.204. The summed E-state index contributed by atoms with van der Waals surface area (Å²) >= 11 is 0. The van der Waals surface area contributed by atoms with E-state index in [9.17, 15) is 9.59 Å². The molecule has 0 bridgehead atoms. The molecule has 170 valence electrons. The largest absolute Gasteiger partial charge is 0.497 e. The quantitative estimate of drug-likeness (QED) is 0.497. The zero-order chi connectivity index (χ0) is 23.5. The van der Waals surface area contributed by atoms with Crippen LogP contribution in [0.3, 0.4) is 0 Å². The molecule has 0 radical (unpaired) electrons. The van der Waals surface area contributed by atoms with Crippen LogP contribution in [0.2, 0.25) is 0 Å². The summed E-state index contributed by atoms with van der Waals surface area (Å²) in [5.74, 6) is 0.612. The maximum absolute atomic E-state index is 13.9. The summed E-state index contributed by atoms with van der Waals surface area (Å²) in [6, 6.07) is 24.6. The Balaban J connectivity index is 1.82. The molecule has 33 heavy (non-hydrogen) atoms. The van der Waals surface area contributed by atoms with Crippen molar-refractivity contribution in [3.05, 3.63) is 90.0 Å². The van der Waals surface area contributed by atoms with Crippen LogP contribution < -0.4 is 14.5 Å². The average Bonchev–Trinajstić information content (AvgIpc) is 2.84. The van der Waals surface area contributed by atoms with Gasteiger partial charge in [-0.3, -0.25) is 9.59 Å². The van der Waals surface area contributed by atoms with E-state index in [4.69, 9.17) is 4.74 Å². The number of rotatable bonds is 5. The summed E-state index contributed by atoms with van der Waals surface area (Å²) in [6.45, 7) is 5.91. The van der Waals surface area contributed by atoms with Crippen LogP contribution in [0, 0.1) is 5.92 Å². The number of methoxy groups -OCH3 is 1. The van der Waals surface area contributed by atoms with Gasteiger partial charge in [-0.25, -0.2) is 0 Å². The molecule has 2 atom stereocenters. The lowest BCUT2D eigenvalue weighted by molar-refractivity contribution is -0.122. The van der Waals surface area contributed by atoms with Crippen LogP contribution >= 0.6 is 0 Å². The van der Waals surface area contributed by atoms with Gasteiger partial charge in [-0.15, -0.1) is 0 Å². The Labute approximate surface area is 195 Å². The zero-order valence-corrected chi connectivity index (χ0v) is 19.6. The zero-order valence-electron chi connectivity index (χ0n) is 19.6. The molecule has 3 aromatic carbocycles. The molecule has 3 aromatic rings. The monoisotopic (exact) mass is 442 g/mol. The van der Waals surface area contributed by atoms with Crippen molar-refractivity contribution in [1.82, 2.24) is 0 Å². The second-order valence-electron chi connectivity index (χ2n) is 8.76. The van der Waals surface area contributed by atoms with Crippen LogP contribution in [0.5, 0.6) is 5.75 Å². The van der Waals surface area contributed by atoms with Crippen LogP contribution in [-0.2, 0) is 4.79 Å². The number of carbonyl (C=O) groups excluding carboxylic acids is 2. The van der Waals surface area contributed by atoms with Gasteiger partial charge in [-0.05, 0) is 61.4 Å². The fraction of sp³-hybridized carbons (Fsp3) is 0.286. The molecular weight excluding hydrogens is 412 g/mol. The lowest BCUT2D eigenvalue weighted by Gasteiger charge is -2.44. The number of anilines is 2. The maximum atomic E-state index is 13.9. The lowest BCUT2D eigenvalue weighted by atomic mass is 9.88. The predicted octanol–water partition coefficient (Wildman–Crippen LogP) is 5.86. The van der Waals surface area contributed by atoms with Gasteiger partial charge >= 0.3 is 0 Å². The standard InChI is InChI=1S/C28H30N2O3/c1-19(2)27(31)29-20(3)18-26(24-12-8-9-13-25(24)29)30(22-10-6-5-7-11-22)28(32)21-14-16-23(33-4)17-15-21/h5-17,19-20,26H,18H2,1-4H3/t20-,26-/m1/s1. The van der Waals surface area contributed by atoms with Crippen molar-refractivity contribution in [2.24, 2.45) is 5.92 Å². The van der Waals surface area contributed by atoms with E-state index in [0.717, 1.165) is 16.9 Å². The Morgan fingerprint density at radius 3 is 2.21 bits per heavy atom. The summed E-state index contributed by atoms with van der Waals surface area (Å²) in [5.41, 5.74) is 3.28. The molecule has 0 aromatic heterocycles. The number of amides is 2. The van der Waals surface area contributed by atoms with Gasteiger partial charge in [0.2, 0.25) is 5.91 Å². The van der Waals surface area contributed by atoms with Crippen molar-refractivity contribution >= 4 is 23.2 Å². The van der Waals surface area contributed by atoms with Crippen molar-refractivity contribution in [1.29, 1.82) is 0 Å². The van der Waals surface area contributed by atoms with Gasteiger partial charge in [0.15, 0.2) is 0 Å². The molecule has 1 heterocycles. The van der Waals surface area contributed by atoms with Gasteiger partial charge in [0, 0.05) is 28.9 Å². The highest BCUT2D eigenvalue weighted by molar-refractivity contribution is 6.07. The van der Waals surface area contributed by atoms with E-state index in [1.165, 1.54) is 0 Å². The van der Waals surface area contributed by atoms with E-state index in [1.807, 2.05) is 78.2 Å². The number of fused-ring (bicyclic) bond motifs is 1. The van der Waals surface area contributed by atoms with Gasteiger partial charge in [-0.1, -0.05) is 50.2 Å². The molecule has 0 unspecified atom stereocenters. The fourth-order valence-electron chi connectivity index (χ4n) is 4.54. The molecule has 4 rings (SSSR count). The summed E-state index contributed by atoms with van der Waals surface area (Å²) in [7, 11) is 1.61. The Morgan fingerprint density at radius 1 is 0.939 bits per heavy atom. The van der Waals surface area contributed by atoms with Gasteiger partial charge in [0.1, 0.15) is 5.75 Å². The number of hydrogen-bond acceptors (Lipinski definition) is 3. The van der Waals surface area contributed by atoms with Crippen molar-refractivity contribution < 1.29 is 14.3 Å². The molecule has 0 spiro atoms. The van der Waals surface area contributed by atoms with Crippen molar-refractivity contribution in [3.63, 3.8) is 0 Å². The maximum Gasteiger partial charge on any atom is 0.258 e. The number of ether oxygens (including phenoxy) is 1. The first-order chi connectivity index (χ1) is 15.9. The molecule has 1 aliphatic rings. The third-order valence-corrected chi connectivity index (χ3v) is 6.19. The average molecular weight is 443 g/mol. The Morgan fingerprint density at radius 2 is 1.58 bits per heavy atom. The van der Waals surface area contributed by atoms with E-state index in [0.29, 0.717) is 17.7 Å². The normalized spacial score (nSPS) is 17.4. The molecule has 5 heteroatoms. The Kier molecular flexibility index (Phi) is 6.50. The molecule has 0 N–H and O–H groups in total. The molecule has 0 saturated heterocycles. The smallest absolute Gasteiger partial charge is 0.258 e. The minimum Gasteiger partial charge on any atom is -0.497 e. The first kappa shape index (κ1) is 22.6. The van der Waals surface area contributed by atoms with E-state index in [-0.39, 0.29) is 29.8 Å². The van der Waals surface area contributed by atoms with E-state index < -0.39 is 0 Å². The van der Waals surface area contributed by atoms with E-state index in [2.05, 4.69) is 6.92 Å². The summed E-state index contributed by atoms with van der Waals surface area (Å²) in [5, 5.41) is 0. The first-order valence-corrected chi connectivity index (χ1v) is 11.4. The molecule has 0 aliphatic carbocycles. The van der Waals surface area contributed by atoms with Gasteiger partial charge in [0.05, 0.1) is 13.2 Å². The van der Waals surface area contributed by atoms with Crippen LogP contribution in [0.1, 0.15) is 49.2 Å². The van der Waals surface area contributed by atoms with Crippen LogP contribution in [0.25, 0.3) is 0 Å². The second-order valence-corrected chi connectivity index (χ2v) is 8.76. The number of benzene rings is 3. The van der Waals surface area contributed by atoms with Crippen molar-refractivity contribution in [3.8, 4) is 5.75 Å². The lowest BCUT2D eigenvalue weighted by Crippen LogP contribution is -2.49. The van der Waals surface area contributed by atoms with Crippen LogP contribution in [0.4, 0.5) is 11.4 Å². The highest BCUT2D eigenvalue weighted by atomic mass is 16.5. The Hall–Kier alpha value is -3.60. The molecule has 1 aliphatic heterocycles. The molecule has 0 fully saturated rings. The highest BCUT2D eigenvalue weighted by Gasteiger charge is 2.39. The predicted molar refractivity (Wildman–Crippen MR) is 132 cm³/mol. The Bertz CT molecular complexity index is 1130. The number of para-hydroxylation sites is 2. The van der Waals surface area contributed by atoms with Gasteiger partial charge < -0.3 is 14.5 Å². The van der Waals surface area contributed by atoms with Crippen LogP contribution in [0.15, 0.2) is 78.9 Å². The van der Waals surface area contributed by atoms with Crippen molar-refractivity contribution in [2.45, 2.75) is 39.3 Å². The van der Waals surface area contributed by atoms with Crippen molar-refractivity contribution in [2.75, 3.05) is 16.9 Å². The highest BCUT2D eigenvalue weighted by Crippen LogP contribution is 2.43. The summed E-state index contributed by atoms with van der Waals surface area (Å²) in [6.07, 6.45) is 0.645.